The summed E-state index contributed by atoms with van der Waals surface area (Å²) in [6, 6.07) is 4.25. The lowest BCUT2D eigenvalue weighted by Gasteiger charge is -2.30. The first kappa shape index (κ1) is 14.4. The van der Waals surface area contributed by atoms with Crippen LogP contribution in [0.3, 0.4) is 0 Å². The number of thioether (sulfide) groups is 1. The van der Waals surface area contributed by atoms with Gasteiger partial charge < -0.3 is 5.11 Å². The second kappa shape index (κ2) is 5.66. The molecule has 6 heteroatoms. The summed E-state index contributed by atoms with van der Waals surface area (Å²) in [6.07, 6.45) is 5.98. The SMILES string of the molecule is O=C(O)C(CSc1ccc(Br)cn1)(NC1CC1)C1CC1. The molecule has 0 bridgehead atoms. The van der Waals surface area contributed by atoms with E-state index >= 15 is 0 Å². The van der Waals surface area contributed by atoms with Crippen LogP contribution in [0.4, 0.5) is 0 Å². The monoisotopic (exact) mass is 356 g/mol. The van der Waals surface area contributed by atoms with Crippen molar-refractivity contribution in [2.24, 2.45) is 5.92 Å². The number of rotatable bonds is 7. The second-order valence-corrected chi connectivity index (χ2v) is 7.48. The number of aromatic nitrogens is 1. The van der Waals surface area contributed by atoms with Gasteiger partial charge in [0, 0.05) is 22.5 Å². The van der Waals surface area contributed by atoms with E-state index in [9.17, 15) is 9.90 Å². The number of carboxylic acid groups (broad SMARTS) is 1. The molecular formula is C14H17BrN2O2S. The average Bonchev–Trinajstić information content (AvgIpc) is 3.28. The number of hydrogen-bond acceptors (Lipinski definition) is 4. The van der Waals surface area contributed by atoms with Gasteiger partial charge in [0.05, 0.1) is 5.03 Å². The molecular weight excluding hydrogens is 340 g/mol. The molecule has 0 aliphatic heterocycles. The van der Waals surface area contributed by atoms with Gasteiger partial charge in [0.1, 0.15) is 5.54 Å². The van der Waals surface area contributed by atoms with Gasteiger partial charge in [0.2, 0.25) is 0 Å². The summed E-state index contributed by atoms with van der Waals surface area (Å²) in [4.78, 5) is 16.1. The number of carbonyl (C=O) groups is 1. The summed E-state index contributed by atoms with van der Waals surface area (Å²) in [5.41, 5.74) is -0.777. The van der Waals surface area contributed by atoms with Crippen LogP contribution in [-0.4, -0.2) is 33.4 Å². The van der Waals surface area contributed by atoms with Gasteiger partial charge in [-0.3, -0.25) is 10.1 Å². The molecule has 1 aromatic rings. The summed E-state index contributed by atoms with van der Waals surface area (Å²) in [6.45, 7) is 0. The van der Waals surface area contributed by atoms with Crippen molar-refractivity contribution in [1.82, 2.24) is 10.3 Å². The fourth-order valence-corrected chi connectivity index (χ4v) is 3.72. The first-order valence-corrected chi connectivity index (χ1v) is 8.63. The molecule has 108 valence electrons. The highest BCUT2D eigenvalue weighted by atomic mass is 79.9. The molecule has 2 aliphatic rings. The molecule has 0 radical (unpaired) electrons. The van der Waals surface area contributed by atoms with Crippen LogP contribution in [0.2, 0.25) is 0 Å². The fourth-order valence-electron chi connectivity index (χ4n) is 2.38. The first-order valence-electron chi connectivity index (χ1n) is 6.85. The van der Waals surface area contributed by atoms with Crippen LogP contribution in [0.25, 0.3) is 0 Å². The molecule has 0 spiro atoms. The van der Waals surface area contributed by atoms with Gasteiger partial charge in [0.25, 0.3) is 0 Å². The third-order valence-electron chi connectivity index (χ3n) is 3.84. The molecule has 20 heavy (non-hydrogen) atoms. The number of pyridine rings is 1. The van der Waals surface area contributed by atoms with E-state index in [0.29, 0.717) is 11.8 Å². The molecule has 1 aromatic heterocycles. The minimum absolute atomic E-state index is 0.267. The van der Waals surface area contributed by atoms with Gasteiger partial charge in [-0.05, 0) is 59.7 Å². The third kappa shape index (κ3) is 3.18. The Hall–Kier alpha value is -0.590. The zero-order valence-electron chi connectivity index (χ0n) is 11.0. The van der Waals surface area contributed by atoms with Crippen LogP contribution < -0.4 is 5.32 Å². The standard InChI is InChI=1S/C14H17BrN2O2S/c15-10-3-6-12(16-7-10)20-8-14(13(18)19,9-1-2-9)17-11-4-5-11/h3,6-7,9,11,17H,1-2,4-5,8H2,(H,18,19). The average molecular weight is 357 g/mol. The van der Waals surface area contributed by atoms with Crippen LogP contribution >= 0.6 is 27.7 Å². The van der Waals surface area contributed by atoms with E-state index < -0.39 is 11.5 Å². The van der Waals surface area contributed by atoms with Crippen molar-refractivity contribution in [1.29, 1.82) is 0 Å². The van der Waals surface area contributed by atoms with Crippen LogP contribution in [0, 0.1) is 5.92 Å². The van der Waals surface area contributed by atoms with Gasteiger partial charge in [-0.1, -0.05) is 0 Å². The number of hydrogen-bond donors (Lipinski definition) is 2. The molecule has 1 atom stereocenters. The highest BCUT2D eigenvalue weighted by Crippen LogP contribution is 2.44. The van der Waals surface area contributed by atoms with E-state index in [1.54, 1.807) is 6.20 Å². The largest absolute Gasteiger partial charge is 0.480 e. The number of halogens is 1. The maximum atomic E-state index is 11.8. The Bertz CT molecular complexity index is 502. The molecule has 2 N–H and O–H groups in total. The van der Waals surface area contributed by atoms with Crippen molar-refractivity contribution in [3.8, 4) is 0 Å². The quantitative estimate of drug-likeness (QED) is 0.735. The summed E-state index contributed by atoms with van der Waals surface area (Å²) in [5, 5.41) is 14.0. The Morgan fingerprint density at radius 3 is 2.70 bits per heavy atom. The van der Waals surface area contributed by atoms with E-state index in [0.717, 1.165) is 35.2 Å². The predicted octanol–water partition coefficient (Wildman–Crippen LogP) is 2.92. The molecule has 4 nitrogen and oxygen atoms in total. The van der Waals surface area contributed by atoms with Crippen LogP contribution in [0.5, 0.6) is 0 Å². The minimum atomic E-state index is -0.777. The van der Waals surface area contributed by atoms with Crippen molar-refractivity contribution < 1.29 is 9.90 Å². The maximum absolute atomic E-state index is 11.8. The number of nitrogens with one attached hydrogen (secondary N) is 1. The van der Waals surface area contributed by atoms with Gasteiger partial charge >= 0.3 is 5.97 Å². The molecule has 2 aliphatic carbocycles. The summed E-state index contributed by atoms with van der Waals surface area (Å²) >= 11 is 4.88. The molecule has 1 unspecified atom stereocenters. The topological polar surface area (TPSA) is 62.2 Å². The zero-order valence-corrected chi connectivity index (χ0v) is 13.4. The molecule has 0 amide bonds. The highest BCUT2D eigenvalue weighted by molar-refractivity contribution is 9.10. The first-order chi connectivity index (χ1) is 9.60. The van der Waals surface area contributed by atoms with Crippen molar-refractivity contribution in [2.45, 2.75) is 42.3 Å². The molecule has 2 fully saturated rings. The lowest BCUT2D eigenvalue weighted by Crippen LogP contribution is -2.57. The van der Waals surface area contributed by atoms with Crippen molar-refractivity contribution in [2.75, 3.05) is 5.75 Å². The van der Waals surface area contributed by atoms with Gasteiger partial charge in [0.15, 0.2) is 0 Å². The van der Waals surface area contributed by atoms with Gasteiger partial charge in [-0.15, -0.1) is 11.8 Å². The van der Waals surface area contributed by atoms with Crippen LogP contribution in [-0.2, 0) is 4.79 Å². The zero-order chi connectivity index (χ0) is 14.2. The van der Waals surface area contributed by atoms with Crippen molar-refractivity contribution in [3.05, 3.63) is 22.8 Å². The third-order valence-corrected chi connectivity index (χ3v) is 5.45. The van der Waals surface area contributed by atoms with Crippen molar-refractivity contribution in [3.63, 3.8) is 0 Å². The van der Waals surface area contributed by atoms with E-state index in [4.69, 9.17) is 0 Å². The van der Waals surface area contributed by atoms with Gasteiger partial charge in [-0.25, -0.2) is 4.98 Å². The van der Waals surface area contributed by atoms with E-state index in [2.05, 4.69) is 26.2 Å². The normalized spacial score (nSPS) is 21.4. The predicted molar refractivity (Wildman–Crippen MR) is 81.9 cm³/mol. The lowest BCUT2D eigenvalue weighted by molar-refractivity contribution is -0.145. The number of aliphatic carboxylic acids is 1. The minimum Gasteiger partial charge on any atom is -0.480 e. The highest BCUT2D eigenvalue weighted by Gasteiger charge is 2.53. The van der Waals surface area contributed by atoms with E-state index in [1.807, 2.05) is 12.1 Å². The molecule has 3 rings (SSSR count). The molecule has 2 saturated carbocycles. The molecule has 1 heterocycles. The number of nitrogens with zero attached hydrogens (tertiary/aromatic N) is 1. The Balaban J connectivity index is 1.71. The Labute approximate surface area is 130 Å². The molecule has 0 saturated heterocycles. The number of carboxylic acids is 1. The Morgan fingerprint density at radius 2 is 2.20 bits per heavy atom. The van der Waals surface area contributed by atoms with Crippen LogP contribution in [0.1, 0.15) is 25.7 Å². The lowest BCUT2D eigenvalue weighted by atomic mass is 9.95. The second-order valence-electron chi connectivity index (χ2n) is 5.57. The van der Waals surface area contributed by atoms with Crippen molar-refractivity contribution >= 4 is 33.7 Å². The Kier molecular flexibility index (Phi) is 4.06. The van der Waals surface area contributed by atoms with E-state index in [-0.39, 0.29) is 5.92 Å². The maximum Gasteiger partial charge on any atom is 0.325 e. The smallest absolute Gasteiger partial charge is 0.325 e. The fraction of sp³-hybridized carbons (Fsp3) is 0.571. The van der Waals surface area contributed by atoms with Gasteiger partial charge in [-0.2, -0.15) is 0 Å². The van der Waals surface area contributed by atoms with E-state index in [1.165, 1.54) is 11.8 Å². The Morgan fingerprint density at radius 1 is 1.45 bits per heavy atom. The molecule has 0 aromatic carbocycles. The summed E-state index contributed by atoms with van der Waals surface area (Å²) < 4.78 is 0.935. The summed E-state index contributed by atoms with van der Waals surface area (Å²) in [5.74, 6) is 0.0954. The summed E-state index contributed by atoms with van der Waals surface area (Å²) in [7, 11) is 0. The van der Waals surface area contributed by atoms with Crippen LogP contribution in [0.15, 0.2) is 27.8 Å².